The van der Waals surface area contributed by atoms with Gasteiger partial charge in [-0.1, -0.05) is 24.3 Å². The standard InChI is InChI=1S/C29H36F2N4O/c1-4-5-9-25(36)18-34(21(2)3)20-28-26-19-33(17-22-8-6-7-10-27(22)31)16-15-29(26)35(32-28)24-13-11-23(30)12-14-24/h4,6-8,10-14,21,25,36H,1,5,9,15-20H2,2-3H3. The molecule has 2 heterocycles. The molecule has 0 fully saturated rings. The van der Waals surface area contributed by atoms with Crippen molar-refractivity contribution in [3.8, 4) is 5.69 Å². The average molecular weight is 495 g/mol. The van der Waals surface area contributed by atoms with Crippen LogP contribution < -0.4 is 0 Å². The number of fused-ring (bicyclic) bond motifs is 1. The van der Waals surface area contributed by atoms with Gasteiger partial charge in [0.05, 0.1) is 23.2 Å². The molecule has 1 unspecified atom stereocenters. The molecule has 1 aromatic heterocycles. The van der Waals surface area contributed by atoms with Gasteiger partial charge < -0.3 is 5.11 Å². The molecule has 0 saturated heterocycles. The van der Waals surface area contributed by atoms with Crippen molar-refractivity contribution < 1.29 is 13.9 Å². The molecule has 3 aromatic rings. The first-order valence-electron chi connectivity index (χ1n) is 12.7. The fourth-order valence-electron chi connectivity index (χ4n) is 4.79. The van der Waals surface area contributed by atoms with Gasteiger partial charge in [-0.25, -0.2) is 13.5 Å². The fourth-order valence-corrected chi connectivity index (χ4v) is 4.79. The van der Waals surface area contributed by atoms with E-state index in [-0.39, 0.29) is 17.7 Å². The van der Waals surface area contributed by atoms with Crippen molar-refractivity contribution in [2.75, 3.05) is 13.1 Å². The highest BCUT2D eigenvalue weighted by molar-refractivity contribution is 5.39. The Labute approximate surface area is 212 Å². The summed E-state index contributed by atoms with van der Waals surface area (Å²) in [7, 11) is 0. The first kappa shape index (κ1) is 26.2. The number of rotatable bonds is 11. The summed E-state index contributed by atoms with van der Waals surface area (Å²) >= 11 is 0. The number of halogens is 2. The van der Waals surface area contributed by atoms with Gasteiger partial charge in [-0.3, -0.25) is 9.80 Å². The molecule has 0 radical (unpaired) electrons. The molecule has 1 aliphatic rings. The maximum atomic E-state index is 14.3. The minimum absolute atomic E-state index is 0.190. The zero-order valence-electron chi connectivity index (χ0n) is 21.2. The van der Waals surface area contributed by atoms with E-state index in [9.17, 15) is 13.9 Å². The third kappa shape index (κ3) is 6.27. The van der Waals surface area contributed by atoms with Crippen LogP contribution in [0.15, 0.2) is 61.2 Å². The van der Waals surface area contributed by atoms with Crippen molar-refractivity contribution in [1.29, 1.82) is 0 Å². The second kappa shape index (κ2) is 11.9. The molecule has 192 valence electrons. The zero-order chi connectivity index (χ0) is 25.7. The maximum Gasteiger partial charge on any atom is 0.127 e. The summed E-state index contributed by atoms with van der Waals surface area (Å²) in [6.07, 6.45) is 3.59. The molecule has 36 heavy (non-hydrogen) atoms. The van der Waals surface area contributed by atoms with E-state index in [1.165, 1.54) is 18.2 Å². The maximum absolute atomic E-state index is 14.3. The minimum atomic E-state index is -0.446. The lowest BCUT2D eigenvalue weighted by Crippen LogP contribution is -2.38. The molecule has 0 aliphatic carbocycles. The minimum Gasteiger partial charge on any atom is -0.392 e. The van der Waals surface area contributed by atoms with Crippen LogP contribution in [-0.2, 0) is 26.1 Å². The summed E-state index contributed by atoms with van der Waals surface area (Å²) in [5.41, 5.74) is 4.69. The Hall–Kier alpha value is -2.87. The lowest BCUT2D eigenvalue weighted by molar-refractivity contribution is 0.0843. The molecule has 5 nitrogen and oxygen atoms in total. The van der Waals surface area contributed by atoms with E-state index in [2.05, 4.69) is 30.2 Å². The van der Waals surface area contributed by atoms with Crippen molar-refractivity contribution in [3.05, 3.63) is 95.3 Å². The molecular formula is C29H36F2N4O. The van der Waals surface area contributed by atoms with Gasteiger partial charge in [-0.15, -0.1) is 6.58 Å². The fraction of sp³-hybridized carbons (Fsp3) is 0.414. The second-order valence-electron chi connectivity index (χ2n) is 9.86. The van der Waals surface area contributed by atoms with Gasteiger partial charge in [0.1, 0.15) is 11.6 Å². The van der Waals surface area contributed by atoms with E-state index in [1.54, 1.807) is 18.2 Å². The van der Waals surface area contributed by atoms with Crippen molar-refractivity contribution >= 4 is 0 Å². The van der Waals surface area contributed by atoms with Crippen LogP contribution in [0.4, 0.5) is 8.78 Å². The van der Waals surface area contributed by atoms with Crippen molar-refractivity contribution in [2.24, 2.45) is 0 Å². The number of allylic oxidation sites excluding steroid dienone is 1. The van der Waals surface area contributed by atoms with E-state index in [1.807, 2.05) is 22.9 Å². The average Bonchev–Trinajstić information content (AvgIpc) is 3.21. The van der Waals surface area contributed by atoms with E-state index >= 15 is 0 Å². The van der Waals surface area contributed by atoms with Crippen LogP contribution in [0, 0.1) is 11.6 Å². The molecule has 0 amide bonds. The summed E-state index contributed by atoms with van der Waals surface area (Å²) in [6, 6.07) is 13.5. The molecule has 0 spiro atoms. The first-order chi connectivity index (χ1) is 17.4. The van der Waals surface area contributed by atoms with Crippen LogP contribution in [0.5, 0.6) is 0 Å². The number of hydrogen-bond acceptors (Lipinski definition) is 4. The van der Waals surface area contributed by atoms with Crippen LogP contribution in [0.1, 0.15) is 49.2 Å². The smallest absolute Gasteiger partial charge is 0.127 e. The quantitative estimate of drug-likeness (QED) is 0.370. The monoisotopic (exact) mass is 494 g/mol. The zero-order valence-corrected chi connectivity index (χ0v) is 21.2. The lowest BCUT2D eigenvalue weighted by Gasteiger charge is -2.30. The molecule has 0 bridgehead atoms. The van der Waals surface area contributed by atoms with Gasteiger partial charge in [0, 0.05) is 56.3 Å². The van der Waals surface area contributed by atoms with E-state index in [0.29, 0.717) is 38.2 Å². The Kier molecular flexibility index (Phi) is 8.67. The molecule has 1 atom stereocenters. The molecular weight excluding hydrogens is 458 g/mol. The number of aliphatic hydroxyl groups is 1. The normalized spacial score (nSPS) is 14.9. The number of benzene rings is 2. The number of nitrogens with zero attached hydrogens (tertiary/aromatic N) is 4. The van der Waals surface area contributed by atoms with Gasteiger partial charge in [0.15, 0.2) is 0 Å². The van der Waals surface area contributed by atoms with Crippen LogP contribution >= 0.6 is 0 Å². The highest BCUT2D eigenvalue weighted by Gasteiger charge is 2.28. The molecule has 4 rings (SSSR count). The first-order valence-corrected chi connectivity index (χ1v) is 12.7. The van der Waals surface area contributed by atoms with E-state index < -0.39 is 6.10 Å². The topological polar surface area (TPSA) is 44.5 Å². The van der Waals surface area contributed by atoms with Gasteiger partial charge in [0.25, 0.3) is 0 Å². The van der Waals surface area contributed by atoms with Gasteiger partial charge in [0.2, 0.25) is 0 Å². The number of hydrogen-bond donors (Lipinski definition) is 1. The van der Waals surface area contributed by atoms with Crippen LogP contribution in [0.2, 0.25) is 0 Å². The summed E-state index contributed by atoms with van der Waals surface area (Å²) < 4.78 is 29.9. The van der Waals surface area contributed by atoms with Crippen molar-refractivity contribution in [3.63, 3.8) is 0 Å². The lowest BCUT2D eigenvalue weighted by atomic mass is 10.0. The molecule has 1 N–H and O–H groups in total. The van der Waals surface area contributed by atoms with E-state index in [0.717, 1.165) is 42.0 Å². The second-order valence-corrected chi connectivity index (χ2v) is 9.86. The Morgan fingerprint density at radius 2 is 1.89 bits per heavy atom. The molecule has 0 saturated carbocycles. The molecule has 2 aromatic carbocycles. The Balaban J connectivity index is 1.63. The molecule has 7 heteroatoms. The largest absolute Gasteiger partial charge is 0.392 e. The molecule has 1 aliphatic heterocycles. The predicted octanol–water partition coefficient (Wildman–Crippen LogP) is 5.25. The highest BCUT2D eigenvalue weighted by atomic mass is 19.1. The van der Waals surface area contributed by atoms with Crippen LogP contribution in [0.3, 0.4) is 0 Å². The summed E-state index contributed by atoms with van der Waals surface area (Å²) in [5, 5.41) is 15.6. The van der Waals surface area contributed by atoms with Crippen LogP contribution in [-0.4, -0.2) is 49.9 Å². The summed E-state index contributed by atoms with van der Waals surface area (Å²) in [4.78, 5) is 4.49. The van der Waals surface area contributed by atoms with Crippen molar-refractivity contribution in [1.82, 2.24) is 19.6 Å². The Bertz CT molecular complexity index is 1160. The predicted molar refractivity (Wildman–Crippen MR) is 139 cm³/mol. The number of aromatic nitrogens is 2. The highest BCUT2D eigenvalue weighted by Crippen LogP contribution is 2.28. The van der Waals surface area contributed by atoms with Gasteiger partial charge >= 0.3 is 0 Å². The summed E-state index contributed by atoms with van der Waals surface area (Å²) in [5.74, 6) is -0.472. The SMILES string of the molecule is C=CCCC(O)CN(Cc1nn(-c2ccc(F)cc2)c2c1CN(Cc1ccccc1F)CC2)C(C)C. The van der Waals surface area contributed by atoms with Gasteiger partial charge in [-0.05, 0) is 57.0 Å². The number of aliphatic hydroxyl groups excluding tert-OH is 1. The van der Waals surface area contributed by atoms with Gasteiger partial charge in [-0.2, -0.15) is 5.10 Å². The van der Waals surface area contributed by atoms with Crippen molar-refractivity contribution in [2.45, 2.75) is 64.9 Å². The Morgan fingerprint density at radius 1 is 1.14 bits per heavy atom. The third-order valence-electron chi connectivity index (χ3n) is 6.88. The summed E-state index contributed by atoms with van der Waals surface area (Å²) in [6.45, 7) is 11.1. The van der Waals surface area contributed by atoms with Crippen LogP contribution in [0.25, 0.3) is 5.69 Å². The third-order valence-corrected chi connectivity index (χ3v) is 6.88. The Morgan fingerprint density at radius 3 is 2.58 bits per heavy atom. The van der Waals surface area contributed by atoms with E-state index in [4.69, 9.17) is 5.10 Å².